The number of esters is 1. The maximum Gasteiger partial charge on any atom is 0.321 e. The third kappa shape index (κ3) is 5.71. The van der Waals surface area contributed by atoms with Gasteiger partial charge in [-0.05, 0) is 27.7 Å². The van der Waals surface area contributed by atoms with E-state index >= 15 is 0 Å². The van der Waals surface area contributed by atoms with Crippen LogP contribution in [0.1, 0.15) is 34.1 Å². The van der Waals surface area contributed by atoms with Crippen molar-refractivity contribution < 1.29 is 17.9 Å². The lowest BCUT2D eigenvalue weighted by atomic mass is 10.2. The van der Waals surface area contributed by atoms with Crippen LogP contribution in [0.15, 0.2) is 0 Å². The molecule has 92 valence electrons. The Kier molecular flexibility index (Phi) is 4.94. The summed E-state index contributed by atoms with van der Waals surface area (Å²) >= 11 is 0. The normalized spacial score (nSPS) is 13.9. The van der Waals surface area contributed by atoms with Crippen molar-refractivity contribution >= 4 is 15.8 Å². The molecule has 1 unspecified atom stereocenters. The number of rotatable bonds is 4. The Labute approximate surface area is 96.3 Å². The van der Waals surface area contributed by atoms with Crippen molar-refractivity contribution in [2.45, 2.75) is 45.0 Å². The Morgan fingerprint density at radius 2 is 1.94 bits per heavy atom. The van der Waals surface area contributed by atoms with Gasteiger partial charge in [0.05, 0.1) is 17.7 Å². The molecular weight excluding hydrogens is 230 g/mol. The molecule has 0 aliphatic rings. The van der Waals surface area contributed by atoms with Gasteiger partial charge in [0.25, 0.3) is 0 Å². The summed E-state index contributed by atoms with van der Waals surface area (Å²) in [5.41, 5.74) is -0.703. The van der Waals surface area contributed by atoms with Crippen LogP contribution >= 0.6 is 0 Å². The number of nitriles is 1. The van der Waals surface area contributed by atoms with Gasteiger partial charge in [0, 0.05) is 0 Å². The molecule has 1 atom stereocenters. The van der Waals surface area contributed by atoms with Gasteiger partial charge in [-0.15, -0.1) is 0 Å². The molecule has 0 fully saturated rings. The third-order valence-electron chi connectivity index (χ3n) is 1.73. The smallest absolute Gasteiger partial charge is 0.321 e. The summed E-state index contributed by atoms with van der Waals surface area (Å²) in [5.74, 6) is -1.45. The first-order valence-electron chi connectivity index (χ1n) is 4.89. The molecule has 0 saturated carbocycles. The van der Waals surface area contributed by atoms with Crippen LogP contribution in [0.3, 0.4) is 0 Å². The van der Waals surface area contributed by atoms with E-state index in [-0.39, 0.29) is 6.42 Å². The monoisotopic (exact) mass is 247 g/mol. The van der Waals surface area contributed by atoms with Gasteiger partial charge in [-0.25, -0.2) is 8.42 Å². The van der Waals surface area contributed by atoms with Gasteiger partial charge in [0.1, 0.15) is 11.4 Å². The minimum absolute atomic E-state index is 0.120. The van der Waals surface area contributed by atoms with Crippen LogP contribution in [-0.4, -0.2) is 31.0 Å². The van der Waals surface area contributed by atoms with Crippen LogP contribution in [0.2, 0.25) is 0 Å². The largest absolute Gasteiger partial charge is 0.459 e. The first-order chi connectivity index (χ1) is 7.08. The SMILES string of the molecule is CC(CC#N)S(=O)(=O)CC(=O)OC(C)(C)C. The Balaban J connectivity index is 4.51. The second kappa shape index (κ2) is 5.30. The second-order valence-electron chi connectivity index (χ2n) is 4.57. The number of nitrogens with zero attached hydrogens (tertiary/aromatic N) is 1. The van der Waals surface area contributed by atoms with Gasteiger partial charge in [0.2, 0.25) is 0 Å². The quantitative estimate of drug-likeness (QED) is 0.693. The molecule has 5 nitrogen and oxygen atoms in total. The molecule has 0 aliphatic carbocycles. The van der Waals surface area contributed by atoms with E-state index in [2.05, 4.69) is 0 Å². The van der Waals surface area contributed by atoms with Gasteiger partial charge < -0.3 is 4.74 Å². The van der Waals surface area contributed by atoms with Crippen molar-refractivity contribution in [2.24, 2.45) is 0 Å². The van der Waals surface area contributed by atoms with E-state index in [1.54, 1.807) is 26.8 Å². The number of hydrogen-bond acceptors (Lipinski definition) is 5. The number of ether oxygens (including phenoxy) is 1. The second-order valence-corrected chi connectivity index (χ2v) is 6.99. The highest BCUT2D eigenvalue weighted by Gasteiger charge is 2.27. The highest BCUT2D eigenvalue weighted by molar-refractivity contribution is 7.92. The lowest BCUT2D eigenvalue weighted by Crippen LogP contribution is -2.31. The van der Waals surface area contributed by atoms with E-state index in [4.69, 9.17) is 10.00 Å². The molecule has 0 N–H and O–H groups in total. The number of carbonyl (C=O) groups is 1. The topological polar surface area (TPSA) is 84.2 Å². The van der Waals surface area contributed by atoms with Crippen LogP contribution in [0, 0.1) is 11.3 Å². The van der Waals surface area contributed by atoms with E-state index in [9.17, 15) is 13.2 Å². The van der Waals surface area contributed by atoms with Gasteiger partial charge in [-0.1, -0.05) is 0 Å². The molecule has 6 heteroatoms. The summed E-state index contributed by atoms with van der Waals surface area (Å²) in [6.45, 7) is 6.39. The van der Waals surface area contributed by atoms with E-state index in [1.165, 1.54) is 6.92 Å². The summed E-state index contributed by atoms with van der Waals surface area (Å²) in [6.07, 6.45) is -0.120. The summed E-state index contributed by atoms with van der Waals surface area (Å²) in [7, 11) is -3.59. The van der Waals surface area contributed by atoms with Crippen LogP contribution in [0.4, 0.5) is 0 Å². The fourth-order valence-electron chi connectivity index (χ4n) is 0.933. The molecule has 0 aromatic carbocycles. The zero-order valence-corrected chi connectivity index (χ0v) is 10.8. The molecule has 0 rings (SSSR count). The molecule has 0 aromatic heterocycles. The van der Waals surface area contributed by atoms with E-state index in [1.807, 2.05) is 0 Å². The maximum atomic E-state index is 11.6. The summed E-state index contributed by atoms with van der Waals surface area (Å²) < 4.78 is 28.0. The maximum absolute atomic E-state index is 11.6. The Morgan fingerprint density at radius 3 is 2.31 bits per heavy atom. The van der Waals surface area contributed by atoms with E-state index < -0.39 is 32.4 Å². The molecule has 0 amide bonds. The fraction of sp³-hybridized carbons (Fsp3) is 0.800. The van der Waals surface area contributed by atoms with Crippen molar-refractivity contribution in [3.05, 3.63) is 0 Å². The molecule has 0 spiro atoms. The number of carbonyl (C=O) groups excluding carboxylic acids is 1. The van der Waals surface area contributed by atoms with Crippen molar-refractivity contribution in [3.63, 3.8) is 0 Å². The summed E-state index contributed by atoms with van der Waals surface area (Å²) in [5, 5.41) is 7.55. The minimum atomic E-state index is -3.59. The Morgan fingerprint density at radius 1 is 1.44 bits per heavy atom. The highest BCUT2D eigenvalue weighted by atomic mass is 32.2. The fourth-order valence-corrected chi connectivity index (χ4v) is 1.93. The van der Waals surface area contributed by atoms with Crippen LogP contribution < -0.4 is 0 Å². The Bertz CT molecular complexity index is 386. The summed E-state index contributed by atoms with van der Waals surface area (Å²) in [6, 6.07) is 1.76. The molecule has 0 radical (unpaired) electrons. The zero-order chi connectivity index (χ0) is 13.0. The third-order valence-corrected chi connectivity index (χ3v) is 3.76. The average Bonchev–Trinajstić information content (AvgIpc) is 1.99. The van der Waals surface area contributed by atoms with Crippen LogP contribution in [-0.2, 0) is 19.4 Å². The van der Waals surface area contributed by atoms with Crippen LogP contribution in [0.5, 0.6) is 0 Å². The number of hydrogen-bond donors (Lipinski definition) is 0. The number of sulfone groups is 1. The summed E-state index contributed by atoms with van der Waals surface area (Å²) in [4.78, 5) is 11.3. The molecule has 0 aromatic rings. The van der Waals surface area contributed by atoms with Gasteiger partial charge >= 0.3 is 5.97 Å². The van der Waals surface area contributed by atoms with Gasteiger partial charge in [-0.3, -0.25) is 4.79 Å². The Hall–Kier alpha value is -1.09. The van der Waals surface area contributed by atoms with Crippen molar-refractivity contribution in [3.8, 4) is 6.07 Å². The van der Waals surface area contributed by atoms with Gasteiger partial charge in [-0.2, -0.15) is 5.26 Å². The molecule has 0 aliphatic heterocycles. The average molecular weight is 247 g/mol. The van der Waals surface area contributed by atoms with Crippen molar-refractivity contribution in [2.75, 3.05) is 5.75 Å². The molecule has 0 bridgehead atoms. The first kappa shape index (κ1) is 14.9. The molecule has 0 saturated heterocycles. The predicted octanol–water partition coefficient (Wildman–Crippen LogP) is 1.05. The molecular formula is C10H17NO4S. The predicted molar refractivity (Wildman–Crippen MR) is 59.3 cm³/mol. The highest BCUT2D eigenvalue weighted by Crippen LogP contribution is 2.11. The lowest BCUT2D eigenvalue weighted by Gasteiger charge is -2.19. The lowest BCUT2D eigenvalue weighted by molar-refractivity contribution is -0.151. The first-order valence-corrected chi connectivity index (χ1v) is 6.60. The van der Waals surface area contributed by atoms with E-state index in [0.29, 0.717) is 0 Å². The van der Waals surface area contributed by atoms with Crippen molar-refractivity contribution in [1.29, 1.82) is 5.26 Å². The minimum Gasteiger partial charge on any atom is -0.459 e. The zero-order valence-electron chi connectivity index (χ0n) is 9.98. The molecule has 0 heterocycles. The van der Waals surface area contributed by atoms with Crippen molar-refractivity contribution in [1.82, 2.24) is 0 Å². The molecule has 16 heavy (non-hydrogen) atoms. The van der Waals surface area contributed by atoms with Gasteiger partial charge in [0.15, 0.2) is 9.84 Å². The standard InChI is InChI=1S/C10H17NO4S/c1-8(5-6-11)16(13,14)7-9(12)15-10(2,3)4/h8H,5,7H2,1-4H3. The van der Waals surface area contributed by atoms with Crippen LogP contribution in [0.25, 0.3) is 0 Å². The van der Waals surface area contributed by atoms with E-state index in [0.717, 1.165) is 0 Å².